The molecule has 7 aromatic carbocycles. The summed E-state index contributed by atoms with van der Waals surface area (Å²) in [5, 5.41) is 10.3. The molecule has 0 unspecified atom stereocenters. The van der Waals surface area contributed by atoms with E-state index < -0.39 is 0 Å². The van der Waals surface area contributed by atoms with E-state index in [0.717, 1.165) is 79.0 Å². The summed E-state index contributed by atoms with van der Waals surface area (Å²) in [5.74, 6) is 4.46. The van der Waals surface area contributed by atoms with Gasteiger partial charge in [0.25, 0.3) is 0 Å². The Morgan fingerprint density at radius 2 is 0.800 bits per heavy atom. The lowest BCUT2D eigenvalue weighted by Crippen LogP contribution is -2.48. The van der Waals surface area contributed by atoms with Crippen LogP contribution in [0.2, 0.25) is 0 Å². The zero-order chi connectivity index (χ0) is 40.0. The van der Waals surface area contributed by atoms with Crippen molar-refractivity contribution >= 4 is 0 Å². The van der Waals surface area contributed by atoms with Gasteiger partial charge in [-0.15, -0.1) is 0 Å². The zero-order valence-electron chi connectivity index (χ0n) is 33.5. The highest BCUT2D eigenvalue weighted by Gasteiger charge is 2.51. The van der Waals surface area contributed by atoms with Crippen LogP contribution in [0.15, 0.2) is 176 Å². The summed E-state index contributed by atoms with van der Waals surface area (Å²) < 4.78 is 0. The smallest absolute Gasteiger partial charge is 0.164 e. The minimum Gasteiger partial charge on any atom is -0.208 e. The van der Waals surface area contributed by atoms with Gasteiger partial charge in [0.15, 0.2) is 17.5 Å². The number of benzene rings is 7. The van der Waals surface area contributed by atoms with E-state index in [-0.39, 0.29) is 0 Å². The van der Waals surface area contributed by atoms with Crippen LogP contribution in [-0.4, -0.2) is 15.0 Å². The SMILES string of the molecule is N#Cc1ccccc1-c1cc(-c2ccc(C34CC5CC(CC(C5)C3)C4)cc2)cc(-c2nc(-c3cccc(-c4ccccc4)c3)nc(-c3cccc(-c4ccccc4)c3)n2)c1. The lowest BCUT2D eigenvalue weighted by Gasteiger charge is -2.57. The first kappa shape index (κ1) is 36.1. The van der Waals surface area contributed by atoms with Crippen LogP contribution in [-0.2, 0) is 5.41 Å². The second-order valence-corrected chi connectivity index (χ2v) is 17.4. The van der Waals surface area contributed by atoms with Crippen molar-refractivity contribution in [2.24, 2.45) is 17.8 Å². The third-order valence-corrected chi connectivity index (χ3v) is 13.5. The van der Waals surface area contributed by atoms with Gasteiger partial charge in [0.05, 0.1) is 11.6 Å². The first-order valence-electron chi connectivity index (χ1n) is 21.4. The molecule has 0 atom stereocenters. The molecule has 0 aliphatic heterocycles. The van der Waals surface area contributed by atoms with Gasteiger partial charge in [-0.05, 0) is 148 Å². The number of nitrogens with zero attached hydrogens (tertiary/aromatic N) is 4. The van der Waals surface area contributed by atoms with E-state index in [4.69, 9.17) is 15.0 Å². The van der Waals surface area contributed by atoms with Gasteiger partial charge in [-0.2, -0.15) is 5.26 Å². The average Bonchev–Trinajstić information content (AvgIpc) is 3.31. The second-order valence-electron chi connectivity index (χ2n) is 17.4. The molecule has 0 spiro atoms. The van der Waals surface area contributed by atoms with Crippen molar-refractivity contribution in [1.29, 1.82) is 5.26 Å². The first-order chi connectivity index (χ1) is 29.6. The van der Waals surface area contributed by atoms with Crippen molar-refractivity contribution in [1.82, 2.24) is 15.0 Å². The van der Waals surface area contributed by atoms with Crippen LogP contribution in [0.25, 0.3) is 78.7 Å². The fourth-order valence-electron chi connectivity index (χ4n) is 11.1. The normalized spacial score (nSPS) is 20.1. The summed E-state index contributed by atoms with van der Waals surface area (Å²) in [5.41, 5.74) is 13.6. The van der Waals surface area contributed by atoms with Gasteiger partial charge >= 0.3 is 0 Å². The third-order valence-electron chi connectivity index (χ3n) is 13.5. The van der Waals surface area contributed by atoms with E-state index in [1.54, 1.807) is 0 Å². The lowest BCUT2D eigenvalue weighted by atomic mass is 9.48. The minimum absolute atomic E-state index is 0.333. The highest BCUT2D eigenvalue weighted by Crippen LogP contribution is 2.60. The molecule has 1 aromatic heterocycles. The van der Waals surface area contributed by atoms with Crippen LogP contribution in [0, 0.1) is 29.1 Å². The molecule has 4 nitrogen and oxygen atoms in total. The van der Waals surface area contributed by atoms with E-state index in [1.165, 1.54) is 44.1 Å². The Labute approximate surface area is 352 Å². The van der Waals surface area contributed by atoms with Gasteiger partial charge < -0.3 is 0 Å². The number of hydrogen-bond acceptors (Lipinski definition) is 4. The maximum absolute atomic E-state index is 10.3. The average molecular weight is 773 g/mol. The van der Waals surface area contributed by atoms with Gasteiger partial charge in [0.2, 0.25) is 0 Å². The summed E-state index contributed by atoms with van der Waals surface area (Å²) in [6, 6.07) is 64.0. The molecule has 4 saturated carbocycles. The van der Waals surface area contributed by atoms with Crippen molar-refractivity contribution in [3.8, 4) is 84.7 Å². The first-order valence-corrected chi connectivity index (χ1v) is 21.4. The highest BCUT2D eigenvalue weighted by atomic mass is 15.0. The maximum atomic E-state index is 10.3. The predicted octanol–water partition coefficient (Wildman–Crippen LogP) is 13.9. The van der Waals surface area contributed by atoms with Crippen LogP contribution in [0.5, 0.6) is 0 Å². The maximum Gasteiger partial charge on any atom is 0.164 e. The Hall–Kier alpha value is -6.96. The molecular formula is C56H44N4. The van der Waals surface area contributed by atoms with Gasteiger partial charge in [0, 0.05) is 16.7 Å². The Morgan fingerprint density at radius 1 is 0.383 bits per heavy atom. The molecule has 0 N–H and O–H groups in total. The number of hydrogen-bond donors (Lipinski definition) is 0. The zero-order valence-corrected chi connectivity index (χ0v) is 33.5. The summed E-state index contributed by atoms with van der Waals surface area (Å²) in [6.07, 6.45) is 8.35. The molecule has 4 bridgehead atoms. The summed E-state index contributed by atoms with van der Waals surface area (Å²) in [4.78, 5) is 15.7. The second kappa shape index (κ2) is 15.0. The highest BCUT2D eigenvalue weighted by molar-refractivity contribution is 5.83. The molecule has 4 aliphatic rings. The van der Waals surface area contributed by atoms with E-state index in [2.05, 4.69) is 146 Å². The van der Waals surface area contributed by atoms with Crippen molar-refractivity contribution in [2.45, 2.75) is 43.9 Å². The van der Waals surface area contributed by atoms with E-state index in [0.29, 0.717) is 28.5 Å². The Balaban J connectivity index is 1.07. The number of aromatic nitrogens is 3. The van der Waals surface area contributed by atoms with E-state index >= 15 is 0 Å². The molecule has 8 aromatic rings. The van der Waals surface area contributed by atoms with Crippen LogP contribution >= 0.6 is 0 Å². The minimum atomic E-state index is 0.333. The standard InChI is InChI=1S/C56H44N4/c57-36-47-15-7-8-20-52(47)49-30-48(42-21-23-51(24-22-42)56-33-37-25-38(34-56)27-39(26-37)35-56)31-50(32-49)55-59-53(45-18-9-16-43(28-45)40-11-3-1-4-12-40)58-54(60-55)46-19-10-17-44(29-46)41-13-5-2-6-14-41/h1-24,28-32,37-39H,25-27,33-35H2. The lowest BCUT2D eigenvalue weighted by molar-refractivity contribution is -0.00518. The van der Waals surface area contributed by atoms with E-state index in [1.807, 2.05) is 36.4 Å². The third kappa shape index (κ3) is 6.81. The molecule has 288 valence electrons. The fourth-order valence-corrected chi connectivity index (χ4v) is 11.1. The molecule has 4 fully saturated rings. The molecule has 4 heteroatoms. The molecule has 4 aliphatic carbocycles. The number of rotatable bonds is 8. The molecule has 0 amide bonds. The largest absolute Gasteiger partial charge is 0.208 e. The Kier molecular flexibility index (Phi) is 9.04. The quantitative estimate of drug-likeness (QED) is 0.154. The predicted molar refractivity (Wildman–Crippen MR) is 242 cm³/mol. The van der Waals surface area contributed by atoms with Crippen molar-refractivity contribution in [2.75, 3.05) is 0 Å². The van der Waals surface area contributed by atoms with Gasteiger partial charge in [-0.25, -0.2) is 15.0 Å². The monoisotopic (exact) mass is 772 g/mol. The van der Waals surface area contributed by atoms with Crippen molar-refractivity contribution in [3.05, 3.63) is 187 Å². The molecule has 0 radical (unpaired) electrons. The van der Waals surface area contributed by atoms with Gasteiger partial charge in [0.1, 0.15) is 0 Å². The van der Waals surface area contributed by atoms with Crippen LogP contribution in [0.4, 0.5) is 0 Å². The van der Waals surface area contributed by atoms with Gasteiger partial charge in [-0.3, -0.25) is 0 Å². The van der Waals surface area contributed by atoms with Gasteiger partial charge in [-0.1, -0.05) is 140 Å². The van der Waals surface area contributed by atoms with Crippen LogP contribution in [0.3, 0.4) is 0 Å². The van der Waals surface area contributed by atoms with Crippen LogP contribution in [0.1, 0.15) is 49.7 Å². The Bertz CT molecular complexity index is 2770. The summed E-state index contributed by atoms with van der Waals surface area (Å²) in [7, 11) is 0. The molecule has 12 rings (SSSR count). The number of nitriles is 1. The van der Waals surface area contributed by atoms with Crippen molar-refractivity contribution < 1.29 is 0 Å². The topological polar surface area (TPSA) is 62.5 Å². The molecule has 60 heavy (non-hydrogen) atoms. The molecule has 1 heterocycles. The van der Waals surface area contributed by atoms with Crippen LogP contribution < -0.4 is 0 Å². The fraction of sp³-hybridized carbons (Fsp3) is 0.179. The molecular weight excluding hydrogens is 729 g/mol. The molecule has 0 saturated heterocycles. The summed E-state index contributed by atoms with van der Waals surface area (Å²) in [6.45, 7) is 0. The summed E-state index contributed by atoms with van der Waals surface area (Å²) >= 11 is 0. The Morgan fingerprint density at radius 3 is 1.35 bits per heavy atom. The van der Waals surface area contributed by atoms with E-state index in [9.17, 15) is 5.26 Å². The van der Waals surface area contributed by atoms with Crippen molar-refractivity contribution in [3.63, 3.8) is 0 Å².